The Kier molecular flexibility index (Phi) is 2.15. The first kappa shape index (κ1) is 10.1. The fourth-order valence-corrected chi connectivity index (χ4v) is 6.51. The Morgan fingerprint density at radius 1 is 1.07 bits per heavy atom. The van der Waals surface area contributed by atoms with Gasteiger partial charge >= 0.3 is 0 Å². The molecule has 0 aromatic carbocycles. The lowest BCUT2D eigenvalue weighted by Gasteiger charge is -2.56. The van der Waals surface area contributed by atoms with Gasteiger partial charge in [0.1, 0.15) is 0 Å². The van der Waals surface area contributed by atoms with Gasteiger partial charge in [0.2, 0.25) is 0 Å². The van der Waals surface area contributed by atoms with E-state index < -0.39 is 9.84 Å². The molecule has 0 spiro atoms. The van der Waals surface area contributed by atoms with Crippen LogP contribution in [0.3, 0.4) is 0 Å². The molecule has 0 aromatic rings. The zero-order valence-corrected chi connectivity index (χ0v) is 9.93. The van der Waals surface area contributed by atoms with Crippen LogP contribution in [0.1, 0.15) is 38.5 Å². The summed E-state index contributed by atoms with van der Waals surface area (Å²) in [5.74, 6) is 0.449. The Hall–Kier alpha value is -0.0900. The third-order valence-electron chi connectivity index (χ3n) is 4.55. The van der Waals surface area contributed by atoms with Crippen LogP contribution in [0.4, 0.5) is 0 Å². The van der Waals surface area contributed by atoms with E-state index in [4.69, 9.17) is 0 Å². The topological polar surface area (TPSA) is 37.4 Å². The number of hydrogen-bond acceptors (Lipinski definition) is 3. The Bertz CT molecular complexity index is 359. The fourth-order valence-electron chi connectivity index (χ4n) is 3.83. The van der Waals surface area contributed by atoms with Crippen molar-refractivity contribution < 1.29 is 8.42 Å². The van der Waals surface area contributed by atoms with E-state index in [1.807, 2.05) is 0 Å². The summed E-state index contributed by atoms with van der Waals surface area (Å²) in [5.41, 5.74) is 0.0770. The van der Waals surface area contributed by atoms with Crippen molar-refractivity contribution in [2.24, 2.45) is 0 Å². The summed E-state index contributed by atoms with van der Waals surface area (Å²) in [6.45, 7) is 2.26. The molecule has 3 rings (SSSR count). The van der Waals surface area contributed by atoms with E-state index in [0.717, 1.165) is 32.4 Å². The second kappa shape index (κ2) is 3.20. The van der Waals surface area contributed by atoms with Gasteiger partial charge in [-0.25, -0.2) is 8.42 Å². The number of rotatable bonds is 1. The van der Waals surface area contributed by atoms with Gasteiger partial charge in [0.05, 0.1) is 16.5 Å². The van der Waals surface area contributed by atoms with Crippen molar-refractivity contribution >= 4 is 9.84 Å². The van der Waals surface area contributed by atoms with Gasteiger partial charge in [-0.15, -0.1) is 0 Å². The highest BCUT2D eigenvalue weighted by atomic mass is 32.2. The molecule has 0 radical (unpaired) electrons. The highest BCUT2D eigenvalue weighted by molar-refractivity contribution is 7.93. The van der Waals surface area contributed by atoms with Gasteiger partial charge in [-0.2, -0.15) is 0 Å². The first-order valence-corrected chi connectivity index (χ1v) is 7.83. The van der Waals surface area contributed by atoms with E-state index in [0.29, 0.717) is 5.75 Å². The maximum Gasteiger partial charge on any atom is 0.156 e. The Morgan fingerprint density at radius 3 is 2.47 bits per heavy atom. The van der Waals surface area contributed by atoms with E-state index in [2.05, 4.69) is 4.90 Å². The van der Waals surface area contributed by atoms with Crippen LogP contribution in [-0.2, 0) is 9.84 Å². The molecule has 15 heavy (non-hydrogen) atoms. The second-order valence-electron chi connectivity index (χ2n) is 5.34. The molecule has 0 unspecified atom stereocenters. The molecule has 3 aliphatic rings. The summed E-state index contributed by atoms with van der Waals surface area (Å²) in [5, 5.41) is -0.0168. The molecule has 0 aromatic heterocycles. The van der Waals surface area contributed by atoms with Gasteiger partial charge in [-0.3, -0.25) is 4.90 Å². The highest BCUT2D eigenvalue weighted by Crippen LogP contribution is 2.48. The minimum Gasteiger partial charge on any atom is -0.295 e. The van der Waals surface area contributed by atoms with Crippen molar-refractivity contribution in [3.63, 3.8) is 0 Å². The lowest BCUT2D eigenvalue weighted by molar-refractivity contribution is 0.0783. The Morgan fingerprint density at radius 2 is 1.80 bits per heavy atom. The molecule has 2 aliphatic heterocycles. The Balaban J connectivity index is 1.89. The summed E-state index contributed by atoms with van der Waals surface area (Å²) in [6, 6.07) is 0. The van der Waals surface area contributed by atoms with Gasteiger partial charge in [0.15, 0.2) is 9.84 Å². The molecule has 0 bridgehead atoms. The molecule has 3 nitrogen and oxygen atoms in total. The van der Waals surface area contributed by atoms with E-state index in [9.17, 15) is 8.42 Å². The lowest BCUT2D eigenvalue weighted by atomic mass is 9.80. The van der Waals surface area contributed by atoms with Gasteiger partial charge in [0, 0.05) is 0 Å². The van der Waals surface area contributed by atoms with Crippen LogP contribution in [-0.4, -0.2) is 42.9 Å². The molecule has 4 heteroatoms. The summed E-state index contributed by atoms with van der Waals surface area (Å²) >= 11 is 0. The number of nitrogens with zero attached hydrogens (tertiary/aromatic N) is 1. The van der Waals surface area contributed by atoms with Crippen LogP contribution in [0, 0.1) is 0 Å². The molecule has 86 valence electrons. The fraction of sp³-hybridized carbons (Fsp3) is 1.00. The minimum absolute atomic E-state index is 0.0168. The van der Waals surface area contributed by atoms with Crippen molar-refractivity contribution in [1.82, 2.24) is 4.90 Å². The minimum atomic E-state index is -2.72. The molecular weight excluding hydrogens is 210 g/mol. The number of fused-ring (bicyclic) bond motifs is 1. The summed E-state index contributed by atoms with van der Waals surface area (Å²) < 4.78 is 23.6. The monoisotopic (exact) mass is 229 g/mol. The summed E-state index contributed by atoms with van der Waals surface area (Å²) in [4.78, 5) is 2.48. The molecule has 0 N–H and O–H groups in total. The molecule has 2 heterocycles. The average Bonchev–Trinajstić information content (AvgIpc) is 2.69. The van der Waals surface area contributed by atoms with Gasteiger partial charge in [0.25, 0.3) is 0 Å². The number of hydrogen-bond donors (Lipinski definition) is 0. The average molecular weight is 229 g/mol. The van der Waals surface area contributed by atoms with Crippen LogP contribution in [0.15, 0.2) is 0 Å². The number of likely N-dealkylation sites (tertiary alicyclic amines) is 1. The lowest BCUT2D eigenvalue weighted by Crippen LogP contribution is -2.72. The first-order valence-electron chi connectivity index (χ1n) is 6.12. The third kappa shape index (κ3) is 1.30. The quantitative estimate of drug-likeness (QED) is 0.678. The molecule has 3 fully saturated rings. The van der Waals surface area contributed by atoms with Crippen molar-refractivity contribution in [2.75, 3.05) is 18.8 Å². The van der Waals surface area contributed by atoms with Gasteiger partial charge in [-0.05, 0) is 38.8 Å². The van der Waals surface area contributed by atoms with Crippen LogP contribution < -0.4 is 0 Å². The van der Waals surface area contributed by atoms with Crippen molar-refractivity contribution in [3.8, 4) is 0 Å². The van der Waals surface area contributed by atoms with Crippen LogP contribution in [0.5, 0.6) is 0 Å². The van der Waals surface area contributed by atoms with E-state index in [-0.39, 0.29) is 10.8 Å². The molecule has 2 saturated heterocycles. The van der Waals surface area contributed by atoms with Crippen LogP contribution in [0.25, 0.3) is 0 Å². The predicted octanol–water partition coefficient (Wildman–Crippen LogP) is 1.19. The van der Waals surface area contributed by atoms with E-state index in [1.165, 1.54) is 19.3 Å². The van der Waals surface area contributed by atoms with E-state index in [1.54, 1.807) is 0 Å². The second-order valence-corrected chi connectivity index (χ2v) is 7.52. The molecule has 1 saturated carbocycles. The highest BCUT2D eigenvalue weighted by Gasteiger charge is 2.61. The van der Waals surface area contributed by atoms with Crippen molar-refractivity contribution in [1.29, 1.82) is 0 Å². The summed E-state index contributed by atoms with van der Waals surface area (Å²) in [6.07, 6.45) is 6.89. The maximum absolute atomic E-state index is 11.8. The smallest absolute Gasteiger partial charge is 0.156 e. The zero-order valence-electron chi connectivity index (χ0n) is 9.11. The SMILES string of the molecule is O=S1(=O)C[C@@]2(N3CCCC3)CCCC[C@@H]21. The summed E-state index contributed by atoms with van der Waals surface area (Å²) in [7, 11) is -2.72. The number of sulfone groups is 1. The predicted molar refractivity (Wildman–Crippen MR) is 59.6 cm³/mol. The normalized spacial score (nSPS) is 44.7. The molecule has 0 amide bonds. The van der Waals surface area contributed by atoms with Gasteiger partial charge < -0.3 is 0 Å². The molecular formula is C11H19NO2S. The molecule has 1 aliphatic carbocycles. The zero-order chi connectivity index (χ0) is 10.5. The van der Waals surface area contributed by atoms with E-state index >= 15 is 0 Å². The first-order chi connectivity index (χ1) is 7.15. The maximum atomic E-state index is 11.8. The van der Waals surface area contributed by atoms with Crippen LogP contribution >= 0.6 is 0 Å². The van der Waals surface area contributed by atoms with Crippen molar-refractivity contribution in [2.45, 2.75) is 49.3 Å². The van der Waals surface area contributed by atoms with Crippen molar-refractivity contribution in [3.05, 3.63) is 0 Å². The third-order valence-corrected chi connectivity index (χ3v) is 6.99. The largest absolute Gasteiger partial charge is 0.295 e. The standard InChI is InChI=1S/C11H19NO2S/c13-15(14)9-11(12-7-3-4-8-12)6-2-1-5-10(11)15/h10H,1-9H2/t10-,11-/m0/s1. The Labute approximate surface area is 91.8 Å². The van der Waals surface area contributed by atoms with Gasteiger partial charge in [-0.1, -0.05) is 12.8 Å². The van der Waals surface area contributed by atoms with Crippen LogP contribution in [0.2, 0.25) is 0 Å². The molecule has 2 atom stereocenters.